The molecule has 1 aliphatic rings. The van der Waals surface area contributed by atoms with Crippen LogP contribution in [0.5, 0.6) is 11.9 Å². The zero-order valence-corrected chi connectivity index (χ0v) is 15.4. The lowest BCUT2D eigenvalue weighted by Crippen LogP contribution is -2.42. The van der Waals surface area contributed by atoms with Gasteiger partial charge in [-0.15, -0.1) is 23.7 Å². The number of halogens is 1. The zero-order chi connectivity index (χ0) is 16.3. The average molecular weight is 372 g/mol. The van der Waals surface area contributed by atoms with E-state index in [0.29, 0.717) is 24.3 Å². The highest BCUT2D eigenvalue weighted by molar-refractivity contribution is 7.09. The first-order valence-electron chi connectivity index (χ1n) is 7.57. The predicted octanol–water partition coefficient (Wildman–Crippen LogP) is 2.46. The number of rotatable bonds is 5. The number of aliphatic hydroxyl groups is 1. The van der Waals surface area contributed by atoms with Crippen LogP contribution in [0.15, 0.2) is 23.7 Å². The van der Waals surface area contributed by atoms with Crippen molar-refractivity contribution < 1.29 is 14.6 Å². The minimum absolute atomic E-state index is 0. The molecular formula is C16H22ClN3O3S. The Labute approximate surface area is 151 Å². The third-order valence-electron chi connectivity index (χ3n) is 4.25. The first kappa shape index (κ1) is 18.9. The summed E-state index contributed by atoms with van der Waals surface area (Å²) in [7, 11) is 3.05. The summed E-state index contributed by atoms with van der Waals surface area (Å²) in [6, 6.07) is 4.45. The number of ether oxygens (including phenoxy) is 2. The zero-order valence-electron chi connectivity index (χ0n) is 13.8. The van der Waals surface area contributed by atoms with Crippen molar-refractivity contribution in [2.24, 2.45) is 0 Å². The number of piperidine rings is 1. The van der Waals surface area contributed by atoms with Gasteiger partial charge >= 0.3 is 6.01 Å². The summed E-state index contributed by atoms with van der Waals surface area (Å²) in [4.78, 5) is 12.0. The molecular weight excluding hydrogens is 350 g/mol. The van der Waals surface area contributed by atoms with E-state index in [1.807, 2.05) is 0 Å². The monoisotopic (exact) mass is 371 g/mol. The van der Waals surface area contributed by atoms with Crippen LogP contribution in [0.1, 0.15) is 23.3 Å². The molecule has 0 amide bonds. The van der Waals surface area contributed by atoms with Gasteiger partial charge < -0.3 is 14.6 Å². The maximum atomic E-state index is 11.0. The van der Waals surface area contributed by atoms with Gasteiger partial charge in [-0.3, -0.25) is 4.90 Å². The minimum atomic E-state index is -0.955. The first-order valence-corrected chi connectivity index (χ1v) is 8.45. The Bertz CT molecular complexity index is 646. The van der Waals surface area contributed by atoms with E-state index < -0.39 is 5.60 Å². The van der Waals surface area contributed by atoms with Crippen molar-refractivity contribution in [2.75, 3.05) is 27.3 Å². The molecule has 1 aliphatic heterocycles. The van der Waals surface area contributed by atoms with E-state index in [1.54, 1.807) is 24.6 Å². The van der Waals surface area contributed by atoms with E-state index in [4.69, 9.17) is 9.47 Å². The number of aromatic nitrogens is 2. The van der Waals surface area contributed by atoms with E-state index in [-0.39, 0.29) is 18.4 Å². The second kappa shape index (κ2) is 8.11. The van der Waals surface area contributed by atoms with Crippen molar-refractivity contribution in [1.82, 2.24) is 14.9 Å². The van der Waals surface area contributed by atoms with Crippen LogP contribution >= 0.6 is 23.7 Å². The van der Waals surface area contributed by atoms with Gasteiger partial charge in [0.15, 0.2) is 0 Å². The van der Waals surface area contributed by atoms with E-state index >= 15 is 0 Å². The molecule has 0 atom stereocenters. The molecule has 1 fully saturated rings. The van der Waals surface area contributed by atoms with Gasteiger partial charge in [-0.2, -0.15) is 4.98 Å². The molecule has 0 spiro atoms. The lowest BCUT2D eigenvalue weighted by molar-refractivity contribution is -0.0298. The molecule has 2 aromatic rings. The Morgan fingerprint density at radius 3 is 2.62 bits per heavy atom. The summed E-state index contributed by atoms with van der Waals surface area (Å²) in [5.41, 5.74) is -0.319. The Hall–Kier alpha value is -1.41. The summed E-state index contributed by atoms with van der Waals surface area (Å²) in [6.45, 7) is 2.58. The van der Waals surface area contributed by atoms with Gasteiger partial charge in [0.1, 0.15) is 0 Å². The number of nitrogens with zero attached hydrogens (tertiary/aromatic N) is 3. The van der Waals surface area contributed by atoms with Crippen LogP contribution in [0.4, 0.5) is 0 Å². The molecule has 0 aliphatic carbocycles. The van der Waals surface area contributed by atoms with Crippen molar-refractivity contribution in [2.45, 2.75) is 25.0 Å². The molecule has 132 valence electrons. The summed E-state index contributed by atoms with van der Waals surface area (Å²) < 4.78 is 10.3. The van der Waals surface area contributed by atoms with Crippen LogP contribution in [0.3, 0.4) is 0 Å². The molecule has 6 nitrogen and oxygen atoms in total. The van der Waals surface area contributed by atoms with Crippen molar-refractivity contribution in [1.29, 1.82) is 0 Å². The van der Waals surface area contributed by atoms with Crippen molar-refractivity contribution in [3.63, 3.8) is 0 Å². The molecule has 0 unspecified atom stereocenters. The average Bonchev–Trinajstić information content (AvgIpc) is 3.09. The van der Waals surface area contributed by atoms with Gasteiger partial charge in [0.2, 0.25) is 5.88 Å². The Morgan fingerprint density at radius 2 is 2.04 bits per heavy atom. The molecule has 0 bridgehead atoms. The molecule has 0 saturated carbocycles. The molecule has 8 heteroatoms. The molecule has 2 aromatic heterocycles. The Kier molecular flexibility index (Phi) is 6.40. The third kappa shape index (κ3) is 3.97. The molecule has 24 heavy (non-hydrogen) atoms. The molecule has 0 radical (unpaired) electrons. The van der Waals surface area contributed by atoms with Crippen molar-refractivity contribution in [3.05, 3.63) is 34.2 Å². The molecule has 1 N–H and O–H groups in total. The second-order valence-electron chi connectivity index (χ2n) is 5.67. The topological polar surface area (TPSA) is 67.7 Å². The smallest absolute Gasteiger partial charge is 0.319 e. The Morgan fingerprint density at radius 1 is 1.29 bits per heavy atom. The quantitative estimate of drug-likeness (QED) is 0.870. The van der Waals surface area contributed by atoms with Crippen LogP contribution in [0.25, 0.3) is 0 Å². The maximum Gasteiger partial charge on any atom is 0.319 e. The Balaban J connectivity index is 0.00000208. The van der Waals surface area contributed by atoms with Crippen LogP contribution in [-0.4, -0.2) is 47.3 Å². The predicted molar refractivity (Wildman–Crippen MR) is 95.1 cm³/mol. The maximum absolute atomic E-state index is 11.0. The number of thiophene rings is 1. The van der Waals surface area contributed by atoms with Gasteiger partial charge in [0.05, 0.1) is 25.4 Å². The van der Waals surface area contributed by atoms with Crippen LogP contribution in [-0.2, 0) is 12.1 Å². The third-order valence-corrected chi connectivity index (χ3v) is 5.11. The van der Waals surface area contributed by atoms with Crippen LogP contribution in [0, 0.1) is 0 Å². The fourth-order valence-corrected chi connectivity index (χ4v) is 3.64. The highest BCUT2D eigenvalue weighted by atomic mass is 35.5. The van der Waals surface area contributed by atoms with Crippen LogP contribution < -0.4 is 9.47 Å². The number of hydrogen-bond acceptors (Lipinski definition) is 7. The molecule has 3 rings (SSSR count). The van der Waals surface area contributed by atoms with E-state index in [0.717, 1.165) is 19.6 Å². The standard InChI is InChI=1S/C16H21N3O3S.ClH/c1-21-14-13(10-17-15(18-14)22-2)16(20)5-7-19(8-6-16)11-12-4-3-9-23-12;/h3-4,9-10,20H,5-8,11H2,1-2H3;1H. The first-order chi connectivity index (χ1) is 11.1. The minimum Gasteiger partial charge on any atom is -0.481 e. The highest BCUT2D eigenvalue weighted by Gasteiger charge is 2.37. The van der Waals surface area contributed by atoms with Gasteiger partial charge in [-0.1, -0.05) is 6.07 Å². The summed E-state index contributed by atoms with van der Waals surface area (Å²) in [5.74, 6) is 0.381. The van der Waals surface area contributed by atoms with Gasteiger partial charge in [-0.25, -0.2) is 4.98 Å². The second-order valence-corrected chi connectivity index (χ2v) is 6.70. The fourth-order valence-electron chi connectivity index (χ4n) is 2.90. The summed E-state index contributed by atoms with van der Waals surface area (Å²) >= 11 is 1.76. The fraction of sp³-hybridized carbons (Fsp3) is 0.500. The highest BCUT2D eigenvalue weighted by Crippen LogP contribution is 2.37. The normalized spacial score (nSPS) is 17.1. The number of hydrogen-bond donors (Lipinski definition) is 1. The SMILES string of the molecule is COc1ncc(C2(O)CCN(Cc3cccs3)CC2)c(OC)n1.Cl. The van der Waals surface area contributed by atoms with E-state index in [2.05, 4.69) is 32.4 Å². The largest absolute Gasteiger partial charge is 0.481 e. The van der Waals surface area contributed by atoms with Gasteiger partial charge in [0, 0.05) is 30.7 Å². The van der Waals surface area contributed by atoms with Gasteiger partial charge in [-0.05, 0) is 24.3 Å². The lowest BCUT2D eigenvalue weighted by Gasteiger charge is -2.38. The van der Waals surface area contributed by atoms with Gasteiger partial charge in [0.25, 0.3) is 0 Å². The number of likely N-dealkylation sites (tertiary alicyclic amines) is 1. The molecule has 1 saturated heterocycles. The van der Waals surface area contributed by atoms with Crippen LogP contribution in [0.2, 0.25) is 0 Å². The van der Waals surface area contributed by atoms with Crippen molar-refractivity contribution >= 4 is 23.7 Å². The van der Waals surface area contributed by atoms with E-state index in [1.165, 1.54) is 12.0 Å². The number of methoxy groups -OCH3 is 2. The molecule has 0 aromatic carbocycles. The summed E-state index contributed by atoms with van der Waals surface area (Å²) in [6.07, 6.45) is 2.87. The van der Waals surface area contributed by atoms with Crippen molar-refractivity contribution in [3.8, 4) is 11.9 Å². The molecule has 3 heterocycles. The lowest BCUT2D eigenvalue weighted by atomic mass is 9.85. The van der Waals surface area contributed by atoms with E-state index in [9.17, 15) is 5.11 Å². The summed E-state index contributed by atoms with van der Waals surface area (Å²) in [5, 5.41) is 13.1.